The molecule has 0 spiro atoms. The lowest BCUT2D eigenvalue weighted by Gasteiger charge is -2.18. The summed E-state index contributed by atoms with van der Waals surface area (Å²) in [4.78, 5) is 37.8. The maximum atomic E-state index is 12.7. The van der Waals surface area contributed by atoms with Gasteiger partial charge in [-0.2, -0.15) is 0 Å². The van der Waals surface area contributed by atoms with Crippen molar-refractivity contribution in [2.45, 2.75) is 232 Å². The summed E-state index contributed by atoms with van der Waals surface area (Å²) in [5.41, 5.74) is 0. The Kier molecular flexibility index (Phi) is 45.0. The maximum Gasteiger partial charge on any atom is 0.306 e. The smallest absolute Gasteiger partial charge is 0.306 e. The molecule has 0 bridgehead atoms. The second kappa shape index (κ2) is 47.5. The maximum absolute atomic E-state index is 12.7. The molecule has 59 heavy (non-hydrogen) atoms. The number of carbonyl (C=O) groups is 3. The standard InChI is InChI=1S/C53H90O6/c1-4-7-10-13-16-19-22-23-24-25-26-27-28-29-32-34-37-40-43-46-52(55)58-49-50(59-53(56)47-44-41-38-35-31-21-18-15-12-9-6-3)48-57-51(54)45-42-39-36-33-30-20-17-14-11-8-5-2/h7,9-10,12,16,18-19,21,23-24,35,38,50H,4-6,8,11,13-15,17,20,22,25-34,36-37,39-49H2,1-3H3/b10-7-,12-9-,19-16-,21-18-,24-23-,38-35-. The monoisotopic (exact) mass is 823 g/mol. The number of hydrogen-bond donors (Lipinski definition) is 0. The molecule has 0 radical (unpaired) electrons. The van der Waals surface area contributed by atoms with E-state index in [0.29, 0.717) is 19.3 Å². The zero-order chi connectivity index (χ0) is 43.0. The minimum atomic E-state index is -0.800. The molecule has 1 unspecified atom stereocenters. The molecule has 0 saturated carbocycles. The summed E-state index contributed by atoms with van der Waals surface area (Å²) < 4.78 is 16.7. The molecule has 0 N–H and O–H groups in total. The first-order chi connectivity index (χ1) is 29.0. The van der Waals surface area contributed by atoms with Gasteiger partial charge >= 0.3 is 17.9 Å². The lowest BCUT2D eigenvalue weighted by Crippen LogP contribution is -2.30. The number of esters is 3. The normalized spacial score (nSPS) is 12.7. The summed E-state index contributed by atoms with van der Waals surface area (Å²) in [5.74, 6) is -0.959. The molecule has 0 saturated heterocycles. The fourth-order valence-corrected chi connectivity index (χ4v) is 6.60. The van der Waals surface area contributed by atoms with E-state index in [1.165, 1.54) is 96.3 Å². The third-order valence-corrected chi connectivity index (χ3v) is 10.2. The molecule has 0 fully saturated rings. The van der Waals surface area contributed by atoms with Gasteiger partial charge in [0.25, 0.3) is 0 Å². The Hall–Kier alpha value is -3.15. The van der Waals surface area contributed by atoms with Crippen molar-refractivity contribution in [1.29, 1.82) is 0 Å². The summed E-state index contributed by atoms with van der Waals surface area (Å²) in [6, 6.07) is 0. The molecule has 0 amide bonds. The highest BCUT2D eigenvalue weighted by atomic mass is 16.6. The third kappa shape index (κ3) is 45.8. The highest BCUT2D eigenvalue weighted by Gasteiger charge is 2.19. The van der Waals surface area contributed by atoms with E-state index in [9.17, 15) is 14.4 Å². The summed E-state index contributed by atoms with van der Waals surface area (Å²) in [6.07, 6.45) is 59.0. The second-order valence-electron chi connectivity index (χ2n) is 16.0. The predicted molar refractivity (Wildman–Crippen MR) is 251 cm³/mol. The molecule has 0 aliphatic rings. The van der Waals surface area contributed by atoms with E-state index in [0.717, 1.165) is 83.5 Å². The lowest BCUT2D eigenvalue weighted by atomic mass is 10.1. The van der Waals surface area contributed by atoms with E-state index >= 15 is 0 Å². The van der Waals surface area contributed by atoms with Gasteiger partial charge in [-0.05, 0) is 77.0 Å². The van der Waals surface area contributed by atoms with Crippen molar-refractivity contribution in [2.24, 2.45) is 0 Å². The van der Waals surface area contributed by atoms with Gasteiger partial charge in [0.05, 0.1) is 0 Å². The Balaban J connectivity index is 4.36. The van der Waals surface area contributed by atoms with Gasteiger partial charge in [0, 0.05) is 19.3 Å². The van der Waals surface area contributed by atoms with Crippen LogP contribution in [-0.2, 0) is 28.6 Å². The zero-order valence-corrected chi connectivity index (χ0v) is 38.5. The van der Waals surface area contributed by atoms with Crippen molar-refractivity contribution in [3.05, 3.63) is 72.9 Å². The van der Waals surface area contributed by atoms with Gasteiger partial charge in [-0.3, -0.25) is 14.4 Å². The average Bonchev–Trinajstić information content (AvgIpc) is 3.23. The Labute approximate surface area is 363 Å². The molecule has 6 heteroatoms. The van der Waals surface area contributed by atoms with Gasteiger partial charge in [-0.15, -0.1) is 0 Å². The quantitative estimate of drug-likeness (QED) is 0.0264. The van der Waals surface area contributed by atoms with E-state index in [1.54, 1.807) is 0 Å². The third-order valence-electron chi connectivity index (χ3n) is 10.2. The average molecular weight is 823 g/mol. The highest BCUT2D eigenvalue weighted by molar-refractivity contribution is 5.71. The Morgan fingerprint density at radius 3 is 1.08 bits per heavy atom. The van der Waals surface area contributed by atoms with Gasteiger partial charge in [0.1, 0.15) is 13.2 Å². The Bertz CT molecular complexity index is 1130. The van der Waals surface area contributed by atoms with Crippen LogP contribution in [0.2, 0.25) is 0 Å². The topological polar surface area (TPSA) is 78.9 Å². The molecule has 0 rings (SSSR count). The van der Waals surface area contributed by atoms with Gasteiger partial charge in [0.15, 0.2) is 6.10 Å². The zero-order valence-electron chi connectivity index (χ0n) is 38.5. The molecule has 0 aromatic rings. The van der Waals surface area contributed by atoms with Crippen molar-refractivity contribution in [2.75, 3.05) is 13.2 Å². The van der Waals surface area contributed by atoms with Crippen LogP contribution in [-0.4, -0.2) is 37.2 Å². The second-order valence-corrected chi connectivity index (χ2v) is 16.0. The van der Waals surface area contributed by atoms with Gasteiger partial charge in [-0.1, -0.05) is 203 Å². The summed E-state index contributed by atoms with van der Waals surface area (Å²) in [7, 11) is 0. The van der Waals surface area contributed by atoms with Gasteiger partial charge in [-0.25, -0.2) is 0 Å². The van der Waals surface area contributed by atoms with Crippen LogP contribution in [0.5, 0.6) is 0 Å². The molecular weight excluding hydrogens is 733 g/mol. The lowest BCUT2D eigenvalue weighted by molar-refractivity contribution is -0.167. The van der Waals surface area contributed by atoms with Crippen LogP contribution in [0, 0.1) is 0 Å². The minimum Gasteiger partial charge on any atom is -0.462 e. The van der Waals surface area contributed by atoms with Crippen molar-refractivity contribution in [3.8, 4) is 0 Å². The molecule has 0 heterocycles. The first kappa shape index (κ1) is 55.9. The van der Waals surface area contributed by atoms with Crippen LogP contribution >= 0.6 is 0 Å². The van der Waals surface area contributed by atoms with Crippen molar-refractivity contribution >= 4 is 17.9 Å². The molecule has 0 aromatic heterocycles. The molecule has 0 aliphatic carbocycles. The fourth-order valence-electron chi connectivity index (χ4n) is 6.60. The Morgan fingerprint density at radius 1 is 0.356 bits per heavy atom. The van der Waals surface area contributed by atoms with Crippen molar-refractivity contribution in [1.82, 2.24) is 0 Å². The van der Waals surface area contributed by atoms with Gasteiger partial charge < -0.3 is 14.2 Å². The number of allylic oxidation sites excluding steroid dienone is 12. The molecule has 1 atom stereocenters. The van der Waals surface area contributed by atoms with Crippen LogP contribution in [0.4, 0.5) is 0 Å². The van der Waals surface area contributed by atoms with E-state index in [-0.39, 0.29) is 37.5 Å². The minimum absolute atomic E-state index is 0.0959. The van der Waals surface area contributed by atoms with Crippen LogP contribution in [0.1, 0.15) is 226 Å². The first-order valence-electron chi connectivity index (χ1n) is 24.4. The van der Waals surface area contributed by atoms with Crippen molar-refractivity contribution < 1.29 is 28.6 Å². The number of carbonyl (C=O) groups excluding carboxylic acids is 3. The molecule has 6 nitrogen and oxygen atoms in total. The SMILES string of the molecule is CC/C=C\C/C=C\C/C=C\CCCCCCCCCCCC(=O)OCC(COC(=O)CCCCCCCCCCCCC)OC(=O)CCC/C=C\C/C=C\C/C=C\CC. The fraction of sp³-hybridized carbons (Fsp3) is 0.717. The van der Waals surface area contributed by atoms with Crippen LogP contribution in [0.3, 0.4) is 0 Å². The summed E-state index contributed by atoms with van der Waals surface area (Å²) >= 11 is 0. The predicted octanol–water partition coefficient (Wildman–Crippen LogP) is 15.9. The molecular formula is C53H90O6. The van der Waals surface area contributed by atoms with E-state index in [4.69, 9.17) is 14.2 Å². The Morgan fingerprint density at radius 2 is 0.678 bits per heavy atom. The number of hydrogen-bond acceptors (Lipinski definition) is 6. The van der Waals surface area contributed by atoms with Gasteiger partial charge in [0.2, 0.25) is 0 Å². The number of rotatable bonds is 43. The highest BCUT2D eigenvalue weighted by Crippen LogP contribution is 2.14. The number of ether oxygens (including phenoxy) is 3. The van der Waals surface area contributed by atoms with E-state index in [1.807, 2.05) is 0 Å². The molecule has 0 aliphatic heterocycles. The largest absolute Gasteiger partial charge is 0.462 e. The summed E-state index contributed by atoms with van der Waals surface area (Å²) in [6.45, 7) is 6.35. The molecule has 338 valence electrons. The van der Waals surface area contributed by atoms with Crippen LogP contribution in [0.15, 0.2) is 72.9 Å². The van der Waals surface area contributed by atoms with E-state index in [2.05, 4.69) is 93.7 Å². The van der Waals surface area contributed by atoms with Crippen LogP contribution < -0.4 is 0 Å². The number of unbranched alkanes of at least 4 members (excludes halogenated alkanes) is 20. The first-order valence-corrected chi connectivity index (χ1v) is 24.4. The summed E-state index contributed by atoms with van der Waals surface area (Å²) in [5, 5.41) is 0. The van der Waals surface area contributed by atoms with Crippen LogP contribution in [0.25, 0.3) is 0 Å². The van der Waals surface area contributed by atoms with Crippen molar-refractivity contribution in [3.63, 3.8) is 0 Å². The van der Waals surface area contributed by atoms with E-state index < -0.39 is 6.10 Å². The molecule has 0 aromatic carbocycles.